The number of carbonyl (C=O) groups excluding carboxylic acids is 1. The quantitative estimate of drug-likeness (QED) is 0.718. The minimum absolute atomic E-state index is 0.196. The van der Waals surface area contributed by atoms with Gasteiger partial charge in [0, 0.05) is 0 Å². The molecule has 2 aromatic rings. The van der Waals surface area contributed by atoms with Crippen molar-refractivity contribution in [3.05, 3.63) is 64.2 Å². The summed E-state index contributed by atoms with van der Waals surface area (Å²) in [4.78, 5) is 13.2. The van der Waals surface area contributed by atoms with Crippen molar-refractivity contribution in [2.24, 2.45) is 0 Å². The summed E-state index contributed by atoms with van der Waals surface area (Å²) < 4.78 is 26.6. The minimum atomic E-state index is -3.64. The summed E-state index contributed by atoms with van der Waals surface area (Å²) >= 11 is 0. The summed E-state index contributed by atoms with van der Waals surface area (Å²) in [5.74, 6) is -0.282. The number of anilines is 1. The first kappa shape index (κ1) is 22.3. The van der Waals surface area contributed by atoms with Crippen molar-refractivity contribution in [2.45, 2.75) is 65.5 Å². The van der Waals surface area contributed by atoms with E-state index in [-0.39, 0.29) is 11.9 Å². The van der Waals surface area contributed by atoms with E-state index in [1.807, 2.05) is 45.9 Å². The van der Waals surface area contributed by atoms with Gasteiger partial charge < -0.3 is 5.32 Å². The average molecular weight is 429 g/mol. The maximum absolute atomic E-state index is 13.2. The largest absolute Gasteiger partial charge is 0.348 e. The molecule has 0 spiro atoms. The molecule has 2 aromatic carbocycles. The number of hydrogen-bond acceptors (Lipinski definition) is 3. The topological polar surface area (TPSA) is 66.5 Å². The Bertz CT molecular complexity index is 1030. The second kappa shape index (κ2) is 8.80. The molecule has 0 aromatic heterocycles. The first-order valence-electron chi connectivity index (χ1n) is 10.6. The third kappa shape index (κ3) is 4.86. The molecule has 30 heavy (non-hydrogen) atoms. The number of nitrogens with zero attached hydrogens (tertiary/aromatic N) is 1. The molecule has 3 rings (SSSR count). The second-order valence-electron chi connectivity index (χ2n) is 8.44. The predicted molar refractivity (Wildman–Crippen MR) is 122 cm³/mol. The number of hydrogen-bond donors (Lipinski definition) is 1. The molecule has 2 atom stereocenters. The van der Waals surface area contributed by atoms with Gasteiger partial charge in [-0.3, -0.25) is 9.10 Å². The van der Waals surface area contributed by atoms with Gasteiger partial charge in [0.25, 0.3) is 0 Å². The van der Waals surface area contributed by atoms with Gasteiger partial charge in [-0.25, -0.2) is 8.42 Å². The fraction of sp³-hybridized carbons (Fsp3) is 0.458. The third-order valence-electron chi connectivity index (χ3n) is 5.77. The molecule has 5 nitrogen and oxygen atoms in total. The maximum atomic E-state index is 13.2. The first-order valence-corrected chi connectivity index (χ1v) is 12.4. The molecule has 0 unspecified atom stereocenters. The van der Waals surface area contributed by atoms with E-state index in [1.54, 1.807) is 0 Å². The van der Waals surface area contributed by atoms with Gasteiger partial charge in [0.05, 0.1) is 18.0 Å². The van der Waals surface area contributed by atoms with Crippen LogP contribution in [-0.2, 0) is 27.7 Å². The summed E-state index contributed by atoms with van der Waals surface area (Å²) in [7, 11) is -3.64. The van der Waals surface area contributed by atoms with Gasteiger partial charge in [-0.05, 0) is 86.4 Å². The van der Waals surface area contributed by atoms with E-state index in [1.165, 1.54) is 21.9 Å². The van der Waals surface area contributed by atoms with Crippen LogP contribution in [0, 0.1) is 13.8 Å². The zero-order valence-electron chi connectivity index (χ0n) is 18.5. The Morgan fingerprint density at radius 2 is 1.70 bits per heavy atom. The van der Waals surface area contributed by atoms with Crippen LogP contribution in [0.1, 0.15) is 60.5 Å². The summed E-state index contributed by atoms with van der Waals surface area (Å²) in [5, 5.41) is 3.04. The highest BCUT2D eigenvalue weighted by Crippen LogP contribution is 2.27. The fourth-order valence-corrected chi connectivity index (χ4v) is 5.59. The number of sulfonamides is 1. The molecule has 6 heteroatoms. The van der Waals surface area contributed by atoms with E-state index in [0.717, 1.165) is 35.8 Å². The molecule has 1 amide bonds. The number of benzene rings is 2. The average Bonchev–Trinajstić information content (AvgIpc) is 3.11. The van der Waals surface area contributed by atoms with Crippen LogP contribution in [0.4, 0.5) is 5.69 Å². The molecule has 0 fully saturated rings. The van der Waals surface area contributed by atoms with Crippen molar-refractivity contribution >= 4 is 21.6 Å². The Hall–Kier alpha value is -2.34. The molecule has 0 heterocycles. The van der Waals surface area contributed by atoms with Crippen LogP contribution in [0.2, 0.25) is 0 Å². The van der Waals surface area contributed by atoms with Gasteiger partial charge in [0.1, 0.15) is 6.04 Å². The Labute approximate surface area is 180 Å². The van der Waals surface area contributed by atoms with E-state index in [0.29, 0.717) is 12.1 Å². The number of aryl methyl sites for hydroxylation is 4. The maximum Gasteiger partial charge on any atom is 0.244 e. The molecule has 0 saturated heterocycles. The Kier molecular flexibility index (Phi) is 6.56. The highest BCUT2D eigenvalue weighted by Gasteiger charge is 2.32. The van der Waals surface area contributed by atoms with E-state index in [9.17, 15) is 13.2 Å². The van der Waals surface area contributed by atoms with Gasteiger partial charge in [-0.2, -0.15) is 0 Å². The van der Waals surface area contributed by atoms with Gasteiger partial charge >= 0.3 is 0 Å². The van der Waals surface area contributed by atoms with E-state index < -0.39 is 16.1 Å². The van der Waals surface area contributed by atoms with Crippen LogP contribution in [0.15, 0.2) is 36.4 Å². The lowest BCUT2D eigenvalue weighted by Crippen LogP contribution is -2.49. The van der Waals surface area contributed by atoms with E-state index >= 15 is 0 Å². The van der Waals surface area contributed by atoms with Crippen LogP contribution < -0.4 is 9.62 Å². The van der Waals surface area contributed by atoms with Crippen LogP contribution in [0.3, 0.4) is 0 Å². The highest BCUT2D eigenvalue weighted by atomic mass is 32.2. The molecule has 1 N–H and O–H groups in total. The van der Waals surface area contributed by atoms with Crippen molar-refractivity contribution in [3.8, 4) is 0 Å². The fourth-order valence-electron chi connectivity index (χ4n) is 4.39. The minimum Gasteiger partial charge on any atom is -0.348 e. The smallest absolute Gasteiger partial charge is 0.244 e. The van der Waals surface area contributed by atoms with Gasteiger partial charge in [-0.1, -0.05) is 31.2 Å². The van der Waals surface area contributed by atoms with Gasteiger partial charge in [0.2, 0.25) is 15.9 Å². The van der Waals surface area contributed by atoms with Gasteiger partial charge in [-0.15, -0.1) is 0 Å². The van der Waals surface area contributed by atoms with Crippen molar-refractivity contribution in [1.82, 2.24) is 5.32 Å². The zero-order chi connectivity index (χ0) is 22.1. The molecule has 0 radical (unpaired) electrons. The van der Waals surface area contributed by atoms with Crippen LogP contribution in [0.5, 0.6) is 0 Å². The summed E-state index contributed by atoms with van der Waals surface area (Å²) in [5.41, 5.74) is 6.25. The Morgan fingerprint density at radius 3 is 2.30 bits per heavy atom. The van der Waals surface area contributed by atoms with E-state index in [2.05, 4.69) is 23.5 Å². The molecule has 0 bridgehead atoms. The molecule has 162 valence electrons. The lowest BCUT2D eigenvalue weighted by Gasteiger charge is -2.31. The number of amides is 1. The number of rotatable bonds is 7. The first-order chi connectivity index (χ1) is 14.1. The summed E-state index contributed by atoms with van der Waals surface area (Å²) in [6, 6.07) is 11.0. The third-order valence-corrected chi connectivity index (χ3v) is 6.95. The van der Waals surface area contributed by atoms with Crippen LogP contribution >= 0.6 is 0 Å². The standard InChI is InChI=1S/C24H32N2O3S/c1-6-23(26(30(5,28)29)22-13-16(2)12-17(3)14-22)24(27)25-18(4)20-11-10-19-8-7-9-21(19)15-20/h10-15,18,23H,6-9H2,1-5H3,(H,25,27)/t18-,23+/m0/s1. The summed E-state index contributed by atoms with van der Waals surface area (Å²) in [6.45, 7) is 7.63. The Morgan fingerprint density at radius 1 is 1.07 bits per heavy atom. The molecule has 0 aliphatic heterocycles. The van der Waals surface area contributed by atoms with Crippen LogP contribution in [0.25, 0.3) is 0 Å². The number of fused-ring (bicyclic) bond motifs is 1. The molecule has 0 saturated carbocycles. The van der Waals surface area contributed by atoms with Crippen molar-refractivity contribution in [3.63, 3.8) is 0 Å². The number of nitrogens with one attached hydrogen (secondary N) is 1. The Balaban J connectivity index is 1.87. The predicted octanol–water partition coefficient (Wildman–Crippen LogP) is 4.21. The molecular formula is C24H32N2O3S. The van der Waals surface area contributed by atoms with Crippen molar-refractivity contribution < 1.29 is 13.2 Å². The molecule has 1 aliphatic rings. The van der Waals surface area contributed by atoms with E-state index in [4.69, 9.17) is 0 Å². The van der Waals surface area contributed by atoms with Crippen LogP contribution in [-0.4, -0.2) is 26.6 Å². The molecular weight excluding hydrogens is 396 g/mol. The second-order valence-corrected chi connectivity index (χ2v) is 10.3. The van der Waals surface area contributed by atoms with Gasteiger partial charge in [0.15, 0.2) is 0 Å². The zero-order valence-corrected chi connectivity index (χ0v) is 19.3. The lowest BCUT2D eigenvalue weighted by molar-refractivity contribution is -0.122. The highest BCUT2D eigenvalue weighted by molar-refractivity contribution is 7.92. The lowest BCUT2D eigenvalue weighted by atomic mass is 10.0. The SMILES string of the molecule is CC[C@H](C(=O)N[C@@H](C)c1ccc2c(c1)CCC2)N(c1cc(C)cc(C)c1)S(C)(=O)=O. The summed E-state index contributed by atoms with van der Waals surface area (Å²) in [6.07, 6.45) is 4.91. The normalized spacial score (nSPS) is 15.4. The monoisotopic (exact) mass is 428 g/mol. The number of carbonyl (C=O) groups is 1. The van der Waals surface area contributed by atoms with Crippen molar-refractivity contribution in [2.75, 3.05) is 10.6 Å². The molecule has 1 aliphatic carbocycles. The van der Waals surface area contributed by atoms with Crippen molar-refractivity contribution in [1.29, 1.82) is 0 Å².